The van der Waals surface area contributed by atoms with Crippen LogP contribution >= 0.6 is 11.6 Å². The second kappa shape index (κ2) is 11.8. The number of methoxy groups -OCH3 is 1. The number of carbonyl (C=O) groups excluding carboxylic acids is 2. The third-order valence-electron chi connectivity index (χ3n) is 6.98. The van der Waals surface area contributed by atoms with E-state index in [4.69, 9.17) is 22.1 Å². The molecule has 1 aromatic heterocycles. The summed E-state index contributed by atoms with van der Waals surface area (Å²) < 4.78 is 8.17. The first-order valence-electron chi connectivity index (χ1n) is 12.8. The molecule has 0 aliphatic carbocycles. The van der Waals surface area contributed by atoms with Crippen LogP contribution in [0.1, 0.15) is 53.6 Å². The van der Waals surface area contributed by atoms with Gasteiger partial charge in [0.1, 0.15) is 5.75 Å². The lowest BCUT2D eigenvalue weighted by Gasteiger charge is -2.26. The quantitative estimate of drug-likeness (QED) is 0.348. The summed E-state index contributed by atoms with van der Waals surface area (Å²) in [5.41, 5.74) is 6.82. The second-order valence-electron chi connectivity index (χ2n) is 9.47. The molecule has 0 bridgehead atoms. The van der Waals surface area contributed by atoms with Crippen molar-refractivity contribution in [2.24, 2.45) is 5.92 Å². The van der Waals surface area contributed by atoms with Gasteiger partial charge in [-0.15, -0.1) is 0 Å². The smallest absolute Gasteiger partial charge is 0.345 e. The predicted octanol–water partition coefficient (Wildman–Crippen LogP) is 3.07. The molecule has 40 heavy (non-hydrogen) atoms. The highest BCUT2D eigenvalue weighted by Crippen LogP contribution is 2.29. The highest BCUT2D eigenvalue weighted by atomic mass is 35.5. The van der Waals surface area contributed by atoms with E-state index in [-0.39, 0.29) is 36.5 Å². The number of urea groups is 1. The van der Waals surface area contributed by atoms with Crippen LogP contribution in [0, 0.1) is 5.92 Å². The molecule has 0 spiro atoms. The molecule has 13 heteroatoms. The van der Waals surface area contributed by atoms with Crippen molar-refractivity contribution >= 4 is 35.2 Å². The van der Waals surface area contributed by atoms with E-state index in [2.05, 4.69) is 10.4 Å². The number of aromatic nitrogens is 3. The van der Waals surface area contributed by atoms with E-state index in [9.17, 15) is 24.3 Å². The number of nitrogens with two attached hydrogens (primary N) is 1. The fraction of sp³-hybridized carbons (Fsp3) is 0.370. The van der Waals surface area contributed by atoms with Gasteiger partial charge < -0.3 is 20.9 Å². The number of nitrogens with zero attached hydrogens (tertiary/aromatic N) is 4. The Hall–Kier alpha value is -4.32. The van der Waals surface area contributed by atoms with Crippen molar-refractivity contribution in [3.05, 3.63) is 74.4 Å². The summed E-state index contributed by atoms with van der Waals surface area (Å²) >= 11 is 6.21. The number of anilines is 1. The molecule has 0 fully saturated rings. The average molecular weight is 571 g/mol. The summed E-state index contributed by atoms with van der Waals surface area (Å²) in [7, 11) is 1.51. The average Bonchev–Trinajstić information content (AvgIpc) is 3.14. The minimum absolute atomic E-state index is 0.0246. The van der Waals surface area contributed by atoms with Crippen molar-refractivity contribution in [2.45, 2.75) is 52.4 Å². The molecule has 0 saturated carbocycles. The number of carboxylic acids is 1. The van der Waals surface area contributed by atoms with Crippen LogP contribution < -0.4 is 21.5 Å². The molecule has 3 aromatic rings. The Morgan fingerprint density at radius 1 is 1.23 bits per heavy atom. The number of carbonyl (C=O) groups is 3. The van der Waals surface area contributed by atoms with E-state index in [0.29, 0.717) is 40.7 Å². The summed E-state index contributed by atoms with van der Waals surface area (Å²) in [6, 6.07) is 8.29. The van der Waals surface area contributed by atoms with Gasteiger partial charge in [-0.25, -0.2) is 19.1 Å². The molecule has 2 heterocycles. The number of imide groups is 1. The minimum atomic E-state index is -1.16. The third kappa shape index (κ3) is 5.67. The number of nitrogens with one attached hydrogen (secondary N) is 1. The van der Waals surface area contributed by atoms with Gasteiger partial charge in [0, 0.05) is 23.8 Å². The topological polar surface area (TPSA) is 162 Å². The highest BCUT2D eigenvalue weighted by molar-refractivity contribution is 6.30. The van der Waals surface area contributed by atoms with Gasteiger partial charge in [-0.3, -0.25) is 14.3 Å². The van der Waals surface area contributed by atoms with Crippen molar-refractivity contribution in [2.75, 3.05) is 12.8 Å². The Bertz CT molecular complexity index is 1520. The maximum atomic E-state index is 13.8. The molecule has 1 aliphatic heterocycles. The third-order valence-corrected chi connectivity index (χ3v) is 7.22. The normalized spacial score (nSPS) is 15.8. The van der Waals surface area contributed by atoms with Crippen molar-refractivity contribution in [1.29, 1.82) is 0 Å². The molecule has 3 amide bonds. The van der Waals surface area contributed by atoms with Gasteiger partial charge in [0.05, 0.1) is 31.2 Å². The Morgan fingerprint density at radius 3 is 2.60 bits per heavy atom. The van der Waals surface area contributed by atoms with Crippen molar-refractivity contribution in [3.8, 4) is 5.75 Å². The Balaban J connectivity index is 1.68. The zero-order valence-electron chi connectivity index (χ0n) is 22.4. The number of amides is 3. The van der Waals surface area contributed by atoms with E-state index < -0.39 is 29.9 Å². The van der Waals surface area contributed by atoms with Crippen LogP contribution in [0.2, 0.25) is 5.02 Å². The summed E-state index contributed by atoms with van der Waals surface area (Å²) in [4.78, 5) is 52.9. The highest BCUT2D eigenvalue weighted by Gasteiger charge is 2.36. The molecule has 0 radical (unpaired) electrons. The summed E-state index contributed by atoms with van der Waals surface area (Å²) in [6.45, 7) is 3.78. The Kier molecular flexibility index (Phi) is 8.48. The summed E-state index contributed by atoms with van der Waals surface area (Å²) in [5.74, 6) is -1.61. The van der Waals surface area contributed by atoms with Crippen LogP contribution in [0.15, 0.2) is 41.2 Å². The number of aromatic carboxylic acids is 1. The van der Waals surface area contributed by atoms with Gasteiger partial charge in [0.25, 0.3) is 0 Å². The fourth-order valence-electron chi connectivity index (χ4n) is 4.87. The number of fused-ring (bicyclic) bond motifs is 1. The molecule has 2 atom stereocenters. The number of halogens is 1. The SMILES string of the molecule is CC[C@@H](NC(=O)N1Cc2nn(CC)c(=O)n2C[C@H](Cc2cc(Cl)ccc2OC)C1=O)c1ccc(C(=O)O)c(N)c1. The van der Waals surface area contributed by atoms with Crippen LogP contribution in [0.5, 0.6) is 5.75 Å². The number of aryl methyl sites for hydroxylation is 1. The number of nitrogen functional groups attached to an aromatic ring is 1. The molecule has 4 N–H and O–H groups in total. The zero-order chi connectivity index (χ0) is 29.1. The lowest BCUT2D eigenvalue weighted by Crippen LogP contribution is -2.46. The summed E-state index contributed by atoms with van der Waals surface area (Å²) in [5, 5.41) is 17.0. The minimum Gasteiger partial charge on any atom is -0.496 e. The standard InChI is InChI=1S/C27H31ClN6O6/c1-4-21(15-6-8-19(25(36)37)20(29)12-15)30-26(38)33-14-23-31-34(5-2)27(39)32(23)13-17(24(33)35)10-16-11-18(28)7-9-22(16)40-3/h6-9,11-12,17,21H,4-5,10,13-14,29H2,1-3H3,(H,30,38)(H,36,37)/t17-,21+/m0/s1. The molecule has 12 nitrogen and oxygen atoms in total. The second-order valence-corrected chi connectivity index (χ2v) is 9.91. The largest absolute Gasteiger partial charge is 0.496 e. The maximum Gasteiger partial charge on any atom is 0.345 e. The maximum absolute atomic E-state index is 13.8. The van der Waals surface area contributed by atoms with Gasteiger partial charge >= 0.3 is 17.7 Å². The van der Waals surface area contributed by atoms with Gasteiger partial charge in [-0.2, -0.15) is 5.10 Å². The van der Waals surface area contributed by atoms with Crippen molar-refractivity contribution in [1.82, 2.24) is 24.6 Å². The van der Waals surface area contributed by atoms with E-state index in [1.807, 2.05) is 6.92 Å². The van der Waals surface area contributed by atoms with Crippen LogP contribution in [0.25, 0.3) is 0 Å². The first kappa shape index (κ1) is 28.7. The first-order valence-corrected chi connectivity index (χ1v) is 13.2. The molecule has 212 valence electrons. The molecular formula is C27H31ClN6O6. The number of ether oxygens (including phenoxy) is 1. The number of carboxylic acid groups (broad SMARTS) is 1. The first-order chi connectivity index (χ1) is 19.1. The monoisotopic (exact) mass is 570 g/mol. The van der Waals surface area contributed by atoms with E-state index >= 15 is 0 Å². The van der Waals surface area contributed by atoms with Gasteiger partial charge in [-0.05, 0) is 61.2 Å². The van der Waals surface area contributed by atoms with E-state index in [1.165, 1.54) is 28.5 Å². The van der Waals surface area contributed by atoms with Crippen molar-refractivity contribution < 1.29 is 24.2 Å². The van der Waals surface area contributed by atoms with E-state index in [1.54, 1.807) is 31.2 Å². The molecule has 0 unspecified atom stereocenters. The molecule has 0 saturated heterocycles. The Labute approximate surface area is 235 Å². The molecule has 2 aromatic carbocycles. The van der Waals surface area contributed by atoms with Crippen LogP contribution in [-0.4, -0.2) is 49.4 Å². The van der Waals surface area contributed by atoms with Gasteiger partial charge in [0.15, 0.2) is 5.82 Å². The van der Waals surface area contributed by atoms with E-state index in [0.717, 1.165) is 4.90 Å². The zero-order valence-corrected chi connectivity index (χ0v) is 23.1. The lowest BCUT2D eigenvalue weighted by atomic mass is 9.97. The fourth-order valence-corrected chi connectivity index (χ4v) is 5.06. The van der Waals surface area contributed by atoms with Crippen molar-refractivity contribution in [3.63, 3.8) is 0 Å². The number of rotatable bonds is 8. The summed E-state index contributed by atoms with van der Waals surface area (Å²) in [6.07, 6.45) is 0.609. The number of hydrogen-bond donors (Lipinski definition) is 3. The van der Waals surface area contributed by atoms with Crippen LogP contribution in [0.3, 0.4) is 0 Å². The van der Waals surface area contributed by atoms with Gasteiger partial charge in [0.2, 0.25) is 5.91 Å². The lowest BCUT2D eigenvalue weighted by molar-refractivity contribution is -0.132. The number of benzene rings is 2. The van der Waals surface area contributed by atoms with Crippen LogP contribution in [-0.2, 0) is 30.8 Å². The Morgan fingerprint density at radius 2 is 1.98 bits per heavy atom. The molecular weight excluding hydrogens is 540 g/mol. The predicted molar refractivity (Wildman–Crippen MR) is 147 cm³/mol. The molecule has 4 rings (SSSR count). The van der Waals surface area contributed by atoms with Crippen LogP contribution in [0.4, 0.5) is 10.5 Å². The van der Waals surface area contributed by atoms with Gasteiger partial charge in [-0.1, -0.05) is 24.6 Å². The molecule has 1 aliphatic rings. The number of hydrogen-bond acceptors (Lipinski definition) is 7.